The number of nitrogen functional groups attached to an aromatic ring is 1. The maximum atomic E-state index is 12.7. The molecule has 3 N–H and O–H groups in total. The molecule has 0 fully saturated rings. The fourth-order valence-electron chi connectivity index (χ4n) is 3.17. The van der Waals surface area contributed by atoms with E-state index in [0.717, 1.165) is 11.0 Å². The first-order chi connectivity index (χ1) is 14.7. The third-order valence-corrected chi connectivity index (χ3v) is 6.46. The van der Waals surface area contributed by atoms with Gasteiger partial charge in [-0.2, -0.15) is 0 Å². The first kappa shape index (κ1) is 20.9. The minimum absolute atomic E-state index is 0.201. The molecule has 0 spiro atoms. The predicted octanol–water partition coefficient (Wildman–Crippen LogP) is 4.47. The SMILES string of the molecule is CC(Oc1cc(Cl)cnc1N)c1cccc(NC(=O)c2ccc3c(c2)C=CS3(=O)=O)c1. The van der Waals surface area contributed by atoms with E-state index in [1.165, 1.54) is 24.4 Å². The molecule has 0 saturated carbocycles. The molecule has 0 radical (unpaired) electrons. The number of hydrogen-bond donors (Lipinski definition) is 2. The lowest BCUT2D eigenvalue weighted by atomic mass is 10.1. The van der Waals surface area contributed by atoms with Crippen molar-refractivity contribution < 1.29 is 17.9 Å². The molecule has 1 aliphatic rings. The van der Waals surface area contributed by atoms with Gasteiger partial charge in [0.1, 0.15) is 6.10 Å². The van der Waals surface area contributed by atoms with Gasteiger partial charge in [-0.25, -0.2) is 13.4 Å². The monoisotopic (exact) mass is 455 g/mol. The minimum atomic E-state index is -3.40. The van der Waals surface area contributed by atoms with E-state index >= 15 is 0 Å². The van der Waals surface area contributed by atoms with Crippen molar-refractivity contribution in [3.8, 4) is 5.75 Å². The zero-order valence-corrected chi connectivity index (χ0v) is 17.9. The molecule has 4 rings (SSSR count). The van der Waals surface area contributed by atoms with Gasteiger partial charge in [-0.3, -0.25) is 4.79 Å². The molecule has 1 aliphatic heterocycles. The van der Waals surface area contributed by atoms with Crippen LogP contribution in [-0.4, -0.2) is 19.3 Å². The minimum Gasteiger partial charge on any atom is -0.482 e. The van der Waals surface area contributed by atoms with Crippen LogP contribution < -0.4 is 15.8 Å². The van der Waals surface area contributed by atoms with Gasteiger partial charge in [0.15, 0.2) is 21.4 Å². The maximum Gasteiger partial charge on any atom is 0.255 e. The van der Waals surface area contributed by atoms with E-state index in [4.69, 9.17) is 22.1 Å². The Morgan fingerprint density at radius 3 is 2.81 bits per heavy atom. The topological polar surface area (TPSA) is 111 Å². The molecule has 0 aliphatic carbocycles. The second-order valence-electron chi connectivity index (χ2n) is 6.98. The third-order valence-electron chi connectivity index (χ3n) is 4.77. The van der Waals surface area contributed by atoms with E-state index in [1.807, 2.05) is 13.0 Å². The second kappa shape index (κ2) is 8.05. The Labute approximate surface area is 184 Å². The van der Waals surface area contributed by atoms with Crippen molar-refractivity contribution >= 4 is 44.9 Å². The lowest BCUT2D eigenvalue weighted by molar-refractivity contribution is 0.102. The summed E-state index contributed by atoms with van der Waals surface area (Å²) >= 11 is 5.95. The fraction of sp³-hybridized carbons (Fsp3) is 0.0909. The van der Waals surface area contributed by atoms with Gasteiger partial charge in [-0.05, 0) is 54.5 Å². The first-order valence-electron chi connectivity index (χ1n) is 9.29. The predicted molar refractivity (Wildman–Crippen MR) is 120 cm³/mol. The number of rotatable bonds is 5. The van der Waals surface area contributed by atoms with Gasteiger partial charge < -0.3 is 15.8 Å². The number of amides is 1. The van der Waals surface area contributed by atoms with Crippen LogP contribution in [0, 0.1) is 0 Å². The fourth-order valence-corrected chi connectivity index (χ4v) is 4.51. The Bertz CT molecular complexity index is 1320. The smallest absolute Gasteiger partial charge is 0.255 e. The van der Waals surface area contributed by atoms with Crippen molar-refractivity contribution in [1.82, 2.24) is 4.98 Å². The van der Waals surface area contributed by atoms with Crippen LogP contribution in [0.3, 0.4) is 0 Å². The number of sulfone groups is 1. The van der Waals surface area contributed by atoms with Gasteiger partial charge in [0.25, 0.3) is 5.91 Å². The first-order valence-corrected chi connectivity index (χ1v) is 11.2. The molecule has 1 atom stereocenters. The number of carbonyl (C=O) groups excluding carboxylic acids is 1. The van der Waals surface area contributed by atoms with Crippen LogP contribution in [0.15, 0.2) is 65.0 Å². The van der Waals surface area contributed by atoms with Crippen LogP contribution in [0.4, 0.5) is 11.5 Å². The molecule has 158 valence electrons. The highest BCUT2D eigenvalue weighted by molar-refractivity contribution is 7.94. The van der Waals surface area contributed by atoms with Gasteiger partial charge in [-0.15, -0.1) is 0 Å². The van der Waals surface area contributed by atoms with Crippen LogP contribution >= 0.6 is 11.6 Å². The number of nitrogens with two attached hydrogens (primary N) is 1. The van der Waals surface area contributed by atoms with Crippen molar-refractivity contribution in [2.24, 2.45) is 0 Å². The summed E-state index contributed by atoms with van der Waals surface area (Å²) in [6.45, 7) is 1.84. The highest BCUT2D eigenvalue weighted by Gasteiger charge is 2.22. The number of nitrogens with zero attached hydrogens (tertiary/aromatic N) is 1. The van der Waals surface area contributed by atoms with Crippen molar-refractivity contribution in [2.75, 3.05) is 11.1 Å². The lowest BCUT2D eigenvalue weighted by Crippen LogP contribution is -2.13. The number of pyridine rings is 1. The number of anilines is 2. The Morgan fingerprint density at radius 1 is 1.19 bits per heavy atom. The largest absolute Gasteiger partial charge is 0.482 e. The highest BCUT2D eigenvalue weighted by Crippen LogP contribution is 2.30. The number of carbonyl (C=O) groups is 1. The molecule has 3 aromatic rings. The number of hydrogen-bond acceptors (Lipinski definition) is 6. The van der Waals surface area contributed by atoms with Gasteiger partial charge in [0, 0.05) is 28.9 Å². The number of nitrogens with one attached hydrogen (secondary N) is 1. The van der Waals surface area contributed by atoms with E-state index in [-0.39, 0.29) is 22.7 Å². The summed E-state index contributed by atoms with van der Waals surface area (Å²) in [5.41, 5.74) is 8.06. The van der Waals surface area contributed by atoms with E-state index in [0.29, 0.717) is 27.6 Å². The summed E-state index contributed by atoms with van der Waals surface area (Å²) in [6, 6.07) is 13.3. The molecule has 31 heavy (non-hydrogen) atoms. The molecule has 2 heterocycles. The van der Waals surface area contributed by atoms with Crippen molar-refractivity contribution in [1.29, 1.82) is 0 Å². The summed E-state index contributed by atoms with van der Waals surface area (Å²) < 4.78 is 29.6. The number of fused-ring (bicyclic) bond motifs is 1. The van der Waals surface area contributed by atoms with E-state index in [1.54, 1.807) is 30.3 Å². The summed E-state index contributed by atoms with van der Waals surface area (Å²) in [4.78, 5) is 16.8. The van der Waals surface area contributed by atoms with Gasteiger partial charge >= 0.3 is 0 Å². The maximum absolute atomic E-state index is 12.7. The summed E-state index contributed by atoms with van der Waals surface area (Å²) in [6.07, 6.45) is 2.54. The molecule has 1 unspecified atom stereocenters. The van der Waals surface area contributed by atoms with Crippen LogP contribution in [0.25, 0.3) is 6.08 Å². The number of aromatic nitrogens is 1. The normalized spacial score (nSPS) is 14.6. The van der Waals surface area contributed by atoms with Crippen LogP contribution in [-0.2, 0) is 9.84 Å². The Morgan fingerprint density at radius 2 is 2.00 bits per heavy atom. The molecule has 7 nitrogen and oxygen atoms in total. The average Bonchev–Trinajstić information content (AvgIpc) is 3.05. The molecule has 9 heteroatoms. The number of ether oxygens (including phenoxy) is 1. The van der Waals surface area contributed by atoms with Gasteiger partial charge in [0.05, 0.1) is 9.92 Å². The van der Waals surface area contributed by atoms with E-state index < -0.39 is 9.84 Å². The number of benzene rings is 2. The van der Waals surface area contributed by atoms with E-state index in [9.17, 15) is 13.2 Å². The molecular formula is C22H18ClN3O4S. The average molecular weight is 456 g/mol. The van der Waals surface area contributed by atoms with Crippen molar-refractivity contribution in [3.63, 3.8) is 0 Å². The van der Waals surface area contributed by atoms with Gasteiger partial charge in [-0.1, -0.05) is 23.7 Å². The highest BCUT2D eigenvalue weighted by atomic mass is 35.5. The standard InChI is InChI=1S/C22H18ClN3O4S/c1-13(30-19-11-17(23)12-25-21(19)24)14-3-2-4-18(10-14)26-22(27)16-5-6-20-15(9-16)7-8-31(20,28)29/h2-13H,1H3,(H2,24,25)(H,26,27). The zero-order valence-electron chi connectivity index (χ0n) is 16.4. The quantitative estimate of drug-likeness (QED) is 0.587. The summed E-state index contributed by atoms with van der Waals surface area (Å²) in [5, 5.41) is 4.37. The Balaban J connectivity index is 1.50. The third kappa shape index (κ3) is 4.40. The summed E-state index contributed by atoms with van der Waals surface area (Å²) in [5.74, 6) is 0.249. The van der Waals surface area contributed by atoms with Crippen molar-refractivity contribution in [2.45, 2.75) is 17.9 Å². The number of halogens is 1. The molecule has 0 bridgehead atoms. The Kier molecular flexibility index (Phi) is 5.43. The Hall–Kier alpha value is -3.36. The molecule has 1 amide bonds. The summed E-state index contributed by atoms with van der Waals surface area (Å²) in [7, 11) is -3.40. The molecule has 2 aromatic carbocycles. The lowest BCUT2D eigenvalue weighted by Gasteiger charge is -2.17. The molecule has 0 saturated heterocycles. The van der Waals surface area contributed by atoms with Gasteiger partial charge in [0.2, 0.25) is 0 Å². The molecular weight excluding hydrogens is 438 g/mol. The van der Waals surface area contributed by atoms with E-state index in [2.05, 4.69) is 10.3 Å². The van der Waals surface area contributed by atoms with Crippen LogP contribution in [0.1, 0.15) is 34.5 Å². The zero-order chi connectivity index (χ0) is 22.2. The van der Waals surface area contributed by atoms with Crippen molar-refractivity contribution in [3.05, 3.63) is 81.8 Å². The second-order valence-corrected chi connectivity index (χ2v) is 9.22. The molecule has 1 aromatic heterocycles. The van der Waals surface area contributed by atoms with Crippen LogP contribution in [0.5, 0.6) is 5.75 Å². The van der Waals surface area contributed by atoms with Crippen LogP contribution in [0.2, 0.25) is 5.02 Å².